The van der Waals surface area contributed by atoms with Crippen LogP contribution < -0.4 is 15.5 Å². The third-order valence-corrected chi connectivity index (χ3v) is 5.75. The zero-order valence-corrected chi connectivity index (χ0v) is 17.8. The van der Waals surface area contributed by atoms with Crippen molar-refractivity contribution in [3.05, 3.63) is 59.8 Å². The van der Waals surface area contributed by atoms with Crippen LogP contribution in [-0.4, -0.2) is 45.5 Å². The zero-order valence-electron chi connectivity index (χ0n) is 17.8. The van der Waals surface area contributed by atoms with Gasteiger partial charge in [-0.3, -0.25) is 4.79 Å². The number of carbonyl (C=O) groups is 1. The standard InChI is InChI=1S/C23H22FN7O/c1-13-18(24)6-5-15-10-17(23(30-20(13)15)31-9-8-25-19(32)11-31)14(2)29-22-16-4-3-7-26-21(16)27-12-28-22/h3-7,10,12,14H,8-9,11H2,1-2H3,(H,25,32)(H,26,27,28,29). The Morgan fingerprint density at radius 1 is 1.22 bits per heavy atom. The summed E-state index contributed by atoms with van der Waals surface area (Å²) in [6.07, 6.45) is 3.17. The molecule has 32 heavy (non-hydrogen) atoms. The van der Waals surface area contributed by atoms with Gasteiger partial charge in [0.25, 0.3) is 0 Å². The lowest BCUT2D eigenvalue weighted by Crippen LogP contribution is -2.48. The van der Waals surface area contributed by atoms with Gasteiger partial charge in [-0.25, -0.2) is 24.3 Å². The number of amides is 1. The van der Waals surface area contributed by atoms with Crippen molar-refractivity contribution < 1.29 is 9.18 Å². The number of fused-ring (bicyclic) bond motifs is 2. The van der Waals surface area contributed by atoms with E-state index in [1.54, 1.807) is 19.2 Å². The molecule has 5 rings (SSSR count). The highest BCUT2D eigenvalue weighted by Gasteiger charge is 2.24. The number of halogens is 1. The van der Waals surface area contributed by atoms with Crippen LogP contribution in [-0.2, 0) is 4.79 Å². The smallest absolute Gasteiger partial charge is 0.239 e. The molecule has 0 aliphatic carbocycles. The topological polar surface area (TPSA) is 95.9 Å². The molecule has 1 aromatic carbocycles. The molecule has 9 heteroatoms. The molecule has 1 unspecified atom stereocenters. The molecule has 1 atom stereocenters. The summed E-state index contributed by atoms with van der Waals surface area (Å²) in [5, 5.41) is 7.94. The number of aromatic nitrogens is 4. The third-order valence-electron chi connectivity index (χ3n) is 5.75. The van der Waals surface area contributed by atoms with Crippen molar-refractivity contribution in [2.24, 2.45) is 0 Å². The number of anilines is 2. The molecule has 1 amide bonds. The van der Waals surface area contributed by atoms with Gasteiger partial charge >= 0.3 is 0 Å². The minimum absolute atomic E-state index is 0.0615. The van der Waals surface area contributed by atoms with Gasteiger partial charge in [-0.15, -0.1) is 0 Å². The van der Waals surface area contributed by atoms with Crippen LogP contribution in [0.5, 0.6) is 0 Å². The molecule has 3 aromatic heterocycles. The number of piperazine rings is 1. The fourth-order valence-electron chi connectivity index (χ4n) is 4.05. The number of nitrogens with zero attached hydrogens (tertiary/aromatic N) is 5. The fourth-order valence-corrected chi connectivity index (χ4v) is 4.05. The van der Waals surface area contributed by atoms with Gasteiger partial charge in [0.1, 0.15) is 23.8 Å². The lowest BCUT2D eigenvalue weighted by Gasteiger charge is -2.31. The van der Waals surface area contributed by atoms with Crippen LogP contribution in [0.25, 0.3) is 21.9 Å². The van der Waals surface area contributed by atoms with E-state index in [2.05, 4.69) is 25.6 Å². The summed E-state index contributed by atoms with van der Waals surface area (Å²) in [6.45, 7) is 5.09. The van der Waals surface area contributed by atoms with Crippen LogP contribution in [0.3, 0.4) is 0 Å². The number of hydrogen-bond acceptors (Lipinski definition) is 7. The summed E-state index contributed by atoms with van der Waals surface area (Å²) in [5.41, 5.74) is 2.59. The predicted molar refractivity (Wildman–Crippen MR) is 121 cm³/mol. The van der Waals surface area contributed by atoms with Gasteiger partial charge in [0, 0.05) is 35.8 Å². The number of rotatable bonds is 4. The molecule has 1 aliphatic rings. The van der Waals surface area contributed by atoms with E-state index in [4.69, 9.17) is 4.98 Å². The van der Waals surface area contributed by atoms with Crippen LogP contribution in [0.4, 0.5) is 16.0 Å². The maximum Gasteiger partial charge on any atom is 0.239 e. The first-order valence-corrected chi connectivity index (χ1v) is 10.4. The Morgan fingerprint density at radius 3 is 2.94 bits per heavy atom. The van der Waals surface area contributed by atoms with Crippen molar-refractivity contribution >= 4 is 39.5 Å². The Labute approximate surface area is 183 Å². The first kappa shape index (κ1) is 20.0. The summed E-state index contributed by atoms with van der Waals surface area (Å²) in [4.78, 5) is 31.8. The molecule has 1 aliphatic heterocycles. The average Bonchev–Trinajstić information content (AvgIpc) is 2.81. The summed E-state index contributed by atoms with van der Waals surface area (Å²) in [5.74, 6) is 0.964. The van der Waals surface area contributed by atoms with E-state index in [0.29, 0.717) is 41.5 Å². The van der Waals surface area contributed by atoms with Gasteiger partial charge < -0.3 is 15.5 Å². The monoisotopic (exact) mass is 431 g/mol. The quantitative estimate of drug-likeness (QED) is 0.512. The number of hydrogen-bond donors (Lipinski definition) is 2. The molecule has 2 N–H and O–H groups in total. The Hall–Kier alpha value is -3.88. The van der Waals surface area contributed by atoms with Crippen LogP contribution in [0, 0.1) is 12.7 Å². The molecular formula is C23H22FN7O. The van der Waals surface area contributed by atoms with Crippen molar-refractivity contribution in [1.29, 1.82) is 0 Å². The molecular weight excluding hydrogens is 409 g/mol. The molecule has 8 nitrogen and oxygen atoms in total. The summed E-state index contributed by atoms with van der Waals surface area (Å²) in [7, 11) is 0. The number of carbonyl (C=O) groups excluding carboxylic acids is 1. The minimum Gasteiger partial charge on any atom is -0.363 e. The molecule has 4 heterocycles. The highest BCUT2D eigenvalue weighted by molar-refractivity contribution is 5.88. The van der Waals surface area contributed by atoms with E-state index in [-0.39, 0.29) is 24.3 Å². The van der Waals surface area contributed by atoms with Gasteiger partial charge in [-0.05, 0) is 44.2 Å². The normalized spacial score (nSPS) is 15.1. The Morgan fingerprint density at radius 2 is 2.09 bits per heavy atom. The van der Waals surface area contributed by atoms with E-state index < -0.39 is 0 Å². The van der Waals surface area contributed by atoms with E-state index in [1.165, 1.54) is 12.4 Å². The maximum absolute atomic E-state index is 14.2. The number of benzene rings is 1. The van der Waals surface area contributed by atoms with Crippen LogP contribution in [0.2, 0.25) is 0 Å². The lowest BCUT2D eigenvalue weighted by atomic mass is 10.0. The molecule has 0 bridgehead atoms. The maximum atomic E-state index is 14.2. The van der Waals surface area contributed by atoms with Gasteiger partial charge in [0.2, 0.25) is 5.91 Å². The first-order valence-electron chi connectivity index (χ1n) is 10.4. The molecule has 0 radical (unpaired) electrons. The summed E-state index contributed by atoms with van der Waals surface area (Å²) >= 11 is 0. The second kappa shape index (κ2) is 7.99. The molecule has 1 fully saturated rings. The number of nitrogens with one attached hydrogen (secondary N) is 2. The third kappa shape index (κ3) is 3.55. The Balaban J connectivity index is 1.61. The van der Waals surface area contributed by atoms with Crippen molar-refractivity contribution in [1.82, 2.24) is 25.3 Å². The van der Waals surface area contributed by atoms with E-state index >= 15 is 0 Å². The van der Waals surface area contributed by atoms with Crippen molar-refractivity contribution in [2.45, 2.75) is 19.9 Å². The largest absolute Gasteiger partial charge is 0.363 e. The Kier molecular flexibility index (Phi) is 5.01. The predicted octanol–water partition coefficient (Wildman–Crippen LogP) is 3.13. The van der Waals surface area contributed by atoms with E-state index in [1.807, 2.05) is 30.0 Å². The number of pyridine rings is 2. The molecule has 1 saturated heterocycles. The van der Waals surface area contributed by atoms with Crippen molar-refractivity contribution in [3.8, 4) is 0 Å². The highest BCUT2D eigenvalue weighted by Crippen LogP contribution is 2.33. The van der Waals surface area contributed by atoms with Gasteiger partial charge in [0.15, 0.2) is 5.65 Å². The summed E-state index contributed by atoms with van der Waals surface area (Å²) in [6, 6.07) is 8.76. The average molecular weight is 431 g/mol. The second-order valence-electron chi connectivity index (χ2n) is 7.88. The molecule has 0 spiro atoms. The van der Waals surface area contributed by atoms with Crippen LogP contribution in [0.15, 0.2) is 42.9 Å². The highest BCUT2D eigenvalue weighted by atomic mass is 19.1. The minimum atomic E-state index is -0.300. The molecule has 4 aromatic rings. The van der Waals surface area contributed by atoms with Crippen molar-refractivity contribution in [3.63, 3.8) is 0 Å². The van der Waals surface area contributed by atoms with E-state index in [0.717, 1.165) is 16.3 Å². The molecule has 162 valence electrons. The Bertz CT molecular complexity index is 1340. The van der Waals surface area contributed by atoms with Gasteiger partial charge in [-0.1, -0.05) is 0 Å². The number of aryl methyl sites for hydroxylation is 1. The van der Waals surface area contributed by atoms with Crippen LogP contribution >= 0.6 is 0 Å². The lowest BCUT2D eigenvalue weighted by molar-refractivity contribution is -0.120. The summed E-state index contributed by atoms with van der Waals surface area (Å²) < 4.78 is 14.2. The first-order chi connectivity index (χ1) is 15.5. The van der Waals surface area contributed by atoms with Crippen molar-refractivity contribution in [2.75, 3.05) is 29.9 Å². The second-order valence-corrected chi connectivity index (χ2v) is 7.88. The van der Waals surface area contributed by atoms with Gasteiger partial charge in [-0.2, -0.15) is 0 Å². The fraction of sp³-hybridized carbons (Fsp3) is 0.261. The molecule has 0 saturated carbocycles. The SMILES string of the molecule is Cc1c(F)ccc2cc(C(C)Nc3ncnc4ncccc34)c(N3CCNC(=O)C3)nc12. The van der Waals surface area contributed by atoms with E-state index in [9.17, 15) is 9.18 Å². The zero-order chi connectivity index (χ0) is 22.2. The van der Waals surface area contributed by atoms with Gasteiger partial charge in [0.05, 0.1) is 23.5 Å². The van der Waals surface area contributed by atoms with Crippen LogP contribution in [0.1, 0.15) is 24.1 Å².